The molecule has 104 valence electrons. The zero-order chi connectivity index (χ0) is 14.5. The molecular formula is C17H15N3O. The zero-order valence-corrected chi connectivity index (χ0v) is 11.6. The number of hydrogen-bond acceptors (Lipinski definition) is 4. The first kappa shape index (κ1) is 13.3. The van der Waals surface area contributed by atoms with Crippen molar-refractivity contribution >= 4 is 12.1 Å². The monoisotopic (exact) mass is 277 g/mol. The summed E-state index contributed by atoms with van der Waals surface area (Å²) in [4.78, 5) is 22.0. The van der Waals surface area contributed by atoms with E-state index < -0.39 is 0 Å². The third-order valence-corrected chi connectivity index (χ3v) is 3.49. The van der Waals surface area contributed by atoms with E-state index in [1.165, 1.54) is 6.33 Å². The summed E-state index contributed by atoms with van der Waals surface area (Å²) in [6, 6.07) is 9.66. The van der Waals surface area contributed by atoms with Crippen molar-refractivity contribution in [1.29, 1.82) is 0 Å². The Bertz CT molecular complexity index is 695. The number of anilines is 1. The molecule has 21 heavy (non-hydrogen) atoms. The van der Waals surface area contributed by atoms with Crippen molar-refractivity contribution in [2.75, 3.05) is 18.0 Å². The van der Waals surface area contributed by atoms with E-state index in [1.54, 1.807) is 0 Å². The molecule has 0 spiro atoms. The average Bonchev–Trinajstić information content (AvgIpc) is 3.07. The second-order valence-electron chi connectivity index (χ2n) is 4.89. The minimum Gasteiger partial charge on any atom is -0.356 e. The van der Waals surface area contributed by atoms with Crippen LogP contribution in [0.1, 0.15) is 34.5 Å². The Morgan fingerprint density at radius 3 is 2.52 bits per heavy atom. The standard InChI is InChI=1S/C17H15N3O/c21-12-15-16(9-8-14-6-2-1-3-7-14)18-13-19-17(15)20-10-4-5-11-20/h1-3,6-7,12-13H,4-5,10-11H2. The van der Waals surface area contributed by atoms with Gasteiger partial charge in [0.25, 0.3) is 0 Å². The summed E-state index contributed by atoms with van der Waals surface area (Å²) in [6.45, 7) is 1.87. The summed E-state index contributed by atoms with van der Waals surface area (Å²) in [7, 11) is 0. The van der Waals surface area contributed by atoms with E-state index in [1.807, 2.05) is 30.3 Å². The maximum atomic E-state index is 11.4. The fourth-order valence-electron chi connectivity index (χ4n) is 2.43. The summed E-state index contributed by atoms with van der Waals surface area (Å²) in [5, 5.41) is 0. The fourth-order valence-corrected chi connectivity index (χ4v) is 2.43. The molecule has 0 radical (unpaired) electrons. The molecule has 0 bridgehead atoms. The molecule has 1 aliphatic heterocycles. The Kier molecular flexibility index (Phi) is 3.92. The molecule has 2 aromatic rings. The van der Waals surface area contributed by atoms with Crippen LogP contribution in [0.2, 0.25) is 0 Å². The fraction of sp³-hybridized carbons (Fsp3) is 0.235. The number of benzene rings is 1. The van der Waals surface area contributed by atoms with E-state index in [0.717, 1.165) is 37.8 Å². The van der Waals surface area contributed by atoms with Gasteiger partial charge in [0.05, 0.1) is 5.56 Å². The van der Waals surface area contributed by atoms with Crippen LogP contribution < -0.4 is 4.90 Å². The van der Waals surface area contributed by atoms with Crippen LogP contribution in [0.25, 0.3) is 0 Å². The quantitative estimate of drug-likeness (QED) is 0.624. The van der Waals surface area contributed by atoms with E-state index in [2.05, 4.69) is 26.7 Å². The summed E-state index contributed by atoms with van der Waals surface area (Å²) >= 11 is 0. The van der Waals surface area contributed by atoms with E-state index >= 15 is 0 Å². The third kappa shape index (κ3) is 2.92. The van der Waals surface area contributed by atoms with E-state index in [0.29, 0.717) is 17.1 Å². The molecule has 0 atom stereocenters. The van der Waals surface area contributed by atoms with Crippen molar-refractivity contribution in [2.24, 2.45) is 0 Å². The molecule has 0 aliphatic carbocycles. The number of aldehydes is 1. The van der Waals surface area contributed by atoms with Gasteiger partial charge in [0.1, 0.15) is 17.8 Å². The number of carbonyl (C=O) groups excluding carboxylic acids is 1. The molecule has 0 unspecified atom stereocenters. The first-order valence-electron chi connectivity index (χ1n) is 7.00. The van der Waals surface area contributed by atoms with Crippen molar-refractivity contribution in [3.8, 4) is 11.8 Å². The second kappa shape index (κ2) is 6.19. The van der Waals surface area contributed by atoms with Gasteiger partial charge in [-0.3, -0.25) is 4.79 Å². The maximum Gasteiger partial charge on any atom is 0.156 e. The Hall–Kier alpha value is -2.67. The number of aromatic nitrogens is 2. The average molecular weight is 277 g/mol. The predicted molar refractivity (Wildman–Crippen MR) is 81.3 cm³/mol. The highest BCUT2D eigenvalue weighted by molar-refractivity contribution is 5.86. The Morgan fingerprint density at radius 1 is 1.05 bits per heavy atom. The van der Waals surface area contributed by atoms with Crippen LogP contribution in [-0.2, 0) is 0 Å². The summed E-state index contributed by atoms with van der Waals surface area (Å²) < 4.78 is 0. The van der Waals surface area contributed by atoms with Gasteiger partial charge in [-0.15, -0.1) is 0 Å². The molecule has 1 aliphatic rings. The Labute approximate surface area is 123 Å². The number of carbonyl (C=O) groups is 1. The normalized spacial score (nSPS) is 13.6. The molecule has 1 aromatic carbocycles. The third-order valence-electron chi connectivity index (χ3n) is 3.49. The number of rotatable bonds is 2. The molecular weight excluding hydrogens is 262 g/mol. The van der Waals surface area contributed by atoms with E-state index in [4.69, 9.17) is 0 Å². The van der Waals surface area contributed by atoms with Gasteiger partial charge in [-0.25, -0.2) is 9.97 Å². The van der Waals surface area contributed by atoms with Crippen LogP contribution in [0.15, 0.2) is 36.7 Å². The molecule has 0 amide bonds. The molecule has 2 heterocycles. The topological polar surface area (TPSA) is 46.1 Å². The summed E-state index contributed by atoms with van der Waals surface area (Å²) in [6.07, 6.45) is 4.55. The second-order valence-corrected chi connectivity index (χ2v) is 4.89. The molecule has 1 fully saturated rings. The van der Waals surface area contributed by atoms with Gasteiger partial charge in [0.15, 0.2) is 6.29 Å². The Morgan fingerprint density at radius 2 is 1.81 bits per heavy atom. The van der Waals surface area contributed by atoms with Crippen molar-refractivity contribution in [3.05, 3.63) is 53.5 Å². The van der Waals surface area contributed by atoms with Crippen LogP contribution in [-0.4, -0.2) is 29.3 Å². The lowest BCUT2D eigenvalue weighted by atomic mass is 10.2. The van der Waals surface area contributed by atoms with Gasteiger partial charge in [0.2, 0.25) is 0 Å². The zero-order valence-electron chi connectivity index (χ0n) is 11.6. The minimum absolute atomic E-state index is 0.489. The van der Waals surface area contributed by atoms with Crippen LogP contribution in [0, 0.1) is 11.8 Å². The molecule has 0 N–H and O–H groups in total. The first-order chi connectivity index (χ1) is 10.4. The maximum absolute atomic E-state index is 11.4. The van der Waals surface area contributed by atoms with Crippen LogP contribution in [0.5, 0.6) is 0 Å². The van der Waals surface area contributed by atoms with Gasteiger partial charge >= 0.3 is 0 Å². The molecule has 4 nitrogen and oxygen atoms in total. The van der Waals surface area contributed by atoms with E-state index in [-0.39, 0.29) is 0 Å². The highest BCUT2D eigenvalue weighted by Gasteiger charge is 2.19. The largest absolute Gasteiger partial charge is 0.356 e. The van der Waals surface area contributed by atoms with Crippen LogP contribution in [0.4, 0.5) is 5.82 Å². The van der Waals surface area contributed by atoms with Crippen molar-refractivity contribution in [1.82, 2.24) is 9.97 Å². The number of nitrogens with zero attached hydrogens (tertiary/aromatic N) is 3. The minimum atomic E-state index is 0.489. The van der Waals surface area contributed by atoms with Gasteiger partial charge in [0, 0.05) is 18.7 Å². The lowest BCUT2D eigenvalue weighted by Gasteiger charge is -2.17. The van der Waals surface area contributed by atoms with Gasteiger partial charge in [-0.05, 0) is 30.9 Å². The molecule has 3 rings (SSSR count). The summed E-state index contributed by atoms with van der Waals surface area (Å²) in [5.41, 5.74) is 1.88. The summed E-state index contributed by atoms with van der Waals surface area (Å²) in [5.74, 6) is 6.72. The van der Waals surface area contributed by atoms with Crippen molar-refractivity contribution < 1.29 is 4.79 Å². The smallest absolute Gasteiger partial charge is 0.156 e. The molecule has 1 saturated heterocycles. The molecule has 0 saturated carbocycles. The van der Waals surface area contributed by atoms with Gasteiger partial charge in [-0.1, -0.05) is 24.1 Å². The van der Waals surface area contributed by atoms with Crippen molar-refractivity contribution in [2.45, 2.75) is 12.8 Å². The Balaban J connectivity index is 1.97. The highest BCUT2D eigenvalue weighted by atomic mass is 16.1. The highest BCUT2D eigenvalue weighted by Crippen LogP contribution is 2.22. The van der Waals surface area contributed by atoms with Gasteiger partial charge in [-0.2, -0.15) is 0 Å². The van der Waals surface area contributed by atoms with Crippen LogP contribution in [0.3, 0.4) is 0 Å². The van der Waals surface area contributed by atoms with Crippen molar-refractivity contribution in [3.63, 3.8) is 0 Å². The lowest BCUT2D eigenvalue weighted by Crippen LogP contribution is -2.21. The molecule has 1 aromatic heterocycles. The first-order valence-corrected chi connectivity index (χ1v) is 7.00. The van der Waals surface area contributed by atoms with E-state index in [9.17, 15) is 4.79 Å². The van der Waals surface area contributed by atoms with Gasteiger partial charge < -0.3 is 4.90 Å². The molecule has 4 heteroatoms. The lowest BCUT2D eigenvalue weighted by molar-refractivity contribution is 0.112. The van der Waals surface area contributed by atoms with Crippen LogP contribution >= 0.6 is 0 Å². The predicted octanol–water partition coefficient (Wildman–Crippen LogP) is 2.29. The SMILES string of the molecule is O=Cc1c(C#Cc2ccccc2)ncnc1N1CCCC1. The number of hydrogen-bond donors (Lipinski definition) is 0.